The summed E-state index contributed by atoms with van der Waals surface area (Å²) in [5.74, 6) is 0. The number of dihydropyridines is 1. The quantitative estimate of drug-likeness (QED) is 0.472. The van der Waals surface area contributed by atoms with Crippen LogP contribution in [0.25, 0.3) is 0 Å². The molecule has 0 aromatic rings. The Bertz CT molecular complexity index is 174. The maximum atomic E-state index is 4.98. The van der Waals surface area contributed by atoms with Crippen LogP contribution in [0.1, 0.15) is 0 Å². The Morgan fingerprint density at radius 2 is 2.67 bits per heavy atom. The normalized spacial score (nSPS) is 31.1. The fourth-order valence-corrected chi connectivity index (χ4v) is 0.982. The van der Waals surface area contributed by atoms with Crippen molar-refractivity contribution in [1.82, 2.24) is 10.8 Å². The molecular formula is C6H8N2O. The maximum Gasteiger partial charge on any atom is 0.0929 e. The number of rotatable bonds is 0. The lowest BCUT2D eigenvalue weighted by Crippen LogP contribution is -2.22. The Morgan fingerprint density at radius 3 is 3.56 bits per heavy atom. The molecule has 0 aliphatic carbocycles. The zero-order valence-corrected chi connectivity index (χ0v) is 4.92. The van der Waals surface area contributed by atoms with Crippen molar-refractivity contribution in [3.8, 4) is 0 Å². The summed E-state index contributed by atoms with van der Waals surface area (Å²) in [7, 11) is 0. The minimum Gasteiger partial charge on any atom is -0.368 e. The van der Waals surface area contributed by atoms with Gasteiger partial charge in [0.25, 0.3) is 0 Å². The number of hydrogen-bond donors (Lipinski definition) is 2. The summed E-state index contributed by atoms with van der Waals surface area (Å²) in [4.78, 5) is 4.98. The molecule has 0 amide bonds. The molecule has 0 aromatic heterocycles. The number of fused-ring (bicyclic) bond motifs is 1. The Hall–Kier alpha value is -0.800. The summed E-state index contributed by atoms with van der Waals surface area (Å²) in [6.07, 6.45) is 5.89. The molecule has 3 nitrogen and oxygen atoms in total. The average Bonchev–Trinajstić information content (AvgIpc) is 2.33. The van der Waals surface area contributed by atoms with Gasteiger partial charge >= 0.3 is 0 Å². The van der Waals surface area contributed by atoms with Gasteiger partial charge in [-0.15, -0.1) is 0 Å². The summed E-state index contributed by atoms with van der Waals surface area (Å²) >= 11 is 0. The lowest BCUT2D eigenvalue weighted by atomic mass is 10.1. The van der Waals surface area contributed by atoms with Gasteiger partial charge in [0, 0.05) is 6.20 Å². The fourth-order valence-electron chi connectivity index (χ4n) is 0.982. The van der Waals surface area contributed by atoms with Crippen LogP contribution in [0.5, 0.6) is 0 Å². The molecular weight excluding hydrogens is 116 g/mol. The number of nitrogens with one attached hydrogen (secondary N) is 2. The van der Waals surface area contributed by atoms with E-state index in [9.17, 15) is 0 Å². The lowest BCUT2D eigenvalue weighted by molar-refractivity contribution is 0.0965. The zero-order chi connectivity index (χ0) is 6.10. The second-order valence-corrected chi connectivity index (χ2v) is 2.13. The van der Waals surface area contributed by atoms with Crippen LogP contribution in [0.2, 0.25) is 0 Å². The molecule has 0 bridgehead atoms. The van der Waals surface area contributed by atoms with Crippen molar-refractivity contribution < 1.29 is 4.84 Å². The third kappa shape index (κ3) is 0.742. The van der Waals surface area contributed by atoms with Crippen LogP contribution >= 0.6 is 0 Å². The van der Waals surface area contributed by atoms with E-state index < -0.39 is 0 Å². The first-order valence-electron chi connectivity index (χ1n) is 2.96. The minimum atomic E-state index is 0.311. The van der Waals surface area contributed by atoms with E-state index in [2.05, 4.69) is 10.8 Å². The van der Waals surface area contributed by atoms with Crippen molar-refractivity contribution in [3.63, 3.8) is 0 Å². The van der Waals surface area contributed by atoms with Gasteiger partial charge in [0.2, 0.25) is 0 Å². The van der Waals surface area contributed by atoms with Crippen molar-refractivity contribution in [1.29, 1.82) is 0 Å². The van der Waals surface area contributed by atoms with E-state index in [4.69, 9.17) is 4.84 Å². The van der Waals surface area contributed by atoms with Crippen molar-refractivity contribution in [3.05, 3.63) is 24.0 Å². The smallest absolute Gasteiger partial charge is 0.0929 e. The molecule has 1 atom stereocenters. The monoisotopic (exact) mass is 124 g/mol. The summed E-state index contributed by atoms with van der Waals surface area (Å²) in [6.45, 7) is 0.696. The van der Waals surface area contributed by atoms with Crippen molar-refractivity contribution >= 4 is 0 Å². The first-order valence-corrected chi connectivity index (χ1v) is 2.96. The van der Waals surface area contributed by atoms with E-state index in [0.717, 1.165) is 0 Å². The SMILES string of the molecule is C1=CC2NOCC2=CN1. The van der Waals surface area contributed by atoms with Crippen LogP contribution in [0.3, 0.4) is 0 Å². The van der Waals surface area contributed by atoms with Crippen molar-refractivity contribution in [2.45, 2.75) is 6.04 Å². The minimum absolute atomic E-state index is 0.311. The van der Waals surface area contributed by atoms with Crippen LogP contribution in [0, 0.1) is 0 Å². The average molecular weight is 124 g/mol. The van der Waals surface area contributed by atoms with Gasteiger partial charge < -0.3 is 5.32 Å². The predicted molar refractivity (Wildman–Crippen MR) is 33.2 cm³/mol. The van der Waals surface area contributed by atoms with Crippen LogP contribution in [0.15, 0.2) is 24.0 Å². The van der Waals surface area contributed by atoms with Gasteiger partial charge in [0.1, 0.15) is 0 Å². The van der Waals surface area contributed by atoms with Crippen LogP contribution < -0.4 is 10.8 Å². The molecule has 2 N–H and O–H groups in total. The standard InChI is InChI=1S/C6H8N2O/c1-2-7-3-5-4-9-8-6(1)5/h1-3,6-8H,4H2. The first-order chi connectivity index (χ1) is 4.47. The largest absolute Gasteiger partial charge is 0.368 e. The molecule has 1 fully saturated rings. The van der Waals surface area contributed by atoms with Crippen molar-refractivity contribution in [2.75, 3.05) is 6.61 Å². The van der Waals surface area contributed by atoms with Gasteiger partial charge in [-0.1, -0.05) is 0 Å². The Kier molecular flexibility index (Phi) is 1.04. The van der Waals surface area contributed by atoms with Gasteiger partial charge in [0.15, 0.2) is 0 Å². The van der Waals surface area contributed by atoms with Gasteiger partial charge in [-0.3, -0.25) is 4.84 Å². The Balaban J connectivity index is 2.22. The summed E-state index contributed by atoms with van der Waals surface area (Å²) in [5, 5.41) is 2.99. The summed E-state index contributed by atoms with van der Waals surface area (Å²) in [5.41, 5.74) is 4.12. The molecule has 2 rings (SSSR count). The topological polar surface area (TPSA) is 33.3 Å². The van der Waals surface area contributed by atoms with Crippen molar-refractivity contribution in [2.24, 2.45) is 0 Å². The molecule has 1 saturated heterocycles. The Morgan fingerprint density at radius 1 is 1.67 bits per heavy atom. The second kappa shape index (κ2) is 1.86. The highest BCUT2D eigenvalue weighted by Gasteiger charge is 2.19. The molecule has 2 aliphatic heterocycles. The molecule has 0 spiro atoms. The first kappa shape index (κ1) is 5.02. The van der Waals surface area contributed by atoms with E-state index in [0.29, 0.717) is 12.6 Å². The maximum absolute atomic E-state index is 4.98. The molecule has 9 heavy (non-hydrogen) atoms. The molecule has 2 heterocycles. The van der Waals surface area contributed by atoms with E-state index in [1.807, 2.05) is 18.5 Å². The third-order valence-electron chi connectivity index (χ3n) is 1.50. The molecule has 2 aliphatic rings. The molecule has 0 saturated carbocycles. The van der Waals surface area contributed by atoms with Gasteiger partial charge in [-0.25, -0.2) is 0 Å². The van der Waals surface area contributed by atoms with E-state index >= 15 is 0 Å². The highest BCUT2D eigenvalue weighted by molar-refractivity contribution is 5.23. The van der Waals surface area contributed by atoms with E-state index in [1.54, 1.807) is 0 Å². The lowest BCUT2D eigenvalue weighted by Gasteiger charge is -2.08. The van der Waals surface area contributed by atoms with Gasteiger partial charge in [-0.05, 0) is 17.8 Å². The summed E-state index contributed by atoms with van der Waals surface area (Å²) in [6, 6.07) is 0.311. The van der Waals surface area contributed by atoms with E-state index in [-0.39, 0.29) is 0 Å². The van der Waals surface area contributed by atoms with Crippen LogP contribution in [-0.4, -0.2) is 12.6 Å². The van der Waals surface area contributed by atoms with Gasteiger partial charge in [0.05, 0.1) is 12.6 Å². The van der Waals surface area contributed by atoms with Gasteiger partial charge in [-0.2, -0.15) is 5.48 Å². The molecule has 48 valence electrons. The molecule has 3 heteroatoms. The highest BCUT2D eigenvalue weighted by atomic mass is 16.7. The number of hydrogen-bond acceptors (Lipinski definition) is 3. The molecule has 0 aromatic carbocycles. The van der Waals surface area contributed by atoms with E-state index in [1.165, 1.54) is 5.57 Å². The van der Waals surface area contributed by atoms with Crippen LogP contribution in [0.4, 0.5) is 0 Å². The molecule has 0 radical (unpaired) electrons. The predicted octanol–water partition coefficient (Wildman–Crippen LogP) is -0.109. The summed E-state index contributed by atoms with van der Waals surface area (Å²) < 4.78 is 0. The highest BCUT2D eigenvalue weighted by Crippen LogP contribution is 2.12. The Labute approximate surface area is 53.3 Å². The zero-order valence-electron chi connectivity index (χ0n) is 4.92. The second-order valence-electron chi connectivity index (χ2n) is 2.13. The fraction of sp³-hybridized carbons (Fsp3) is 0.333. The third-order valence-corrected chi connectivity index (χ3v) is 1.50. The van der Waals surface area contributed by atoms with Crippen LogP contribution in [-0.2, 0) is 4.84 Å². The molecule has 1 unspecified atom stereocenters. The number of hydroxylamine groups is 1.